The van der Waals surface area contributed by atoms with Gasteiger partial charge >= 0.3 is 0 Å². The Morgan fingerprint density at radius 2 is 1.74 bits per heavy atom. The van der Waals surface area contributed by atoms with E-state index >= 15 is 0 Å². The quantitative estimate of drug-likeness (QED) is 0.885. The van der Waals surface area contributed by atoms with Gasteiger partial charge in [-0.05, 0) is 55.0 Å². The molecule has 0 radical (unpaired) electrons. The summed E-state index contributed by atoms with van der Waals surface area (Å²) in [5.74, 6) is 0.101. The second-order valence-corrected chi connectivity index (χ2v) is 7.80. The van der Waals surface area contributed by atoms with E-state index in [1.54, 1.807) is 0 Å². The van der Waals surface area contributed by atoms with E-state index in [0.29, 0.717) is 0 Å². The summed E-state index contributed by atoms with van der Waals surface area (Å²) in [7, 11) is 0. The molecule has 1 atom stereocenters. The van der Waals surface area contributed by atoms with E-state index in [4.69, 9.17) is 0 Å². The van der Waals surface area contributed by atoms with E-state index in [1.165, 1.54) is 29.5 Å². The van der Waals surface area contributed by atoms with Gasteiger partial charge in [-0.3, -0.25) is 14.6 Å². The van der Waals surface area contributed by atoms with Crippen LogP contribution in [0.5, 0.6) is 0 Å². The third-order valence-corrected chi connectivity index (χ3v) is 5.95. The van der Waals surface area contributed by atoms with E-state index in [2.05, 4.69) is 57.6 Å². The van der Waals surface area contributed by atoms with Crippen LogP contribution in [0.4, 0.5) is 5.69 Å². The third kappa shape index (κ3) is 4.40. The lowest BCUT2D eigenvalue weighted by Crippen LogP contribution is -2.52. The molecule has 1 N–H and O–H groups in total. The number of nitrogens with zero attached hydrogens (tertiary/aromatic N) is 2. The molecule has 4 heteroatoms. The summed E-state index contributed by atoms with van der Waals surface area (Å²) in [6.45, 7) is 6.90. The second kappa shape index (κ2) is 8.24. The fraction of sp³-hybridized carbons (Fsp3) is 0.435. The van der Waals surface area contributed by atoms with Crippen molar-refractivity contribution in [3.63, 3.8) is 0 Å². The molecule has 1 aliphatic carbocycles. The van der Waals surface area contributed by atoms with Crippen molar-refractivity contribution in [1.29, 1.82) is 0 Å². The van der Waals surface area contributed by atoms with E-state index < -0.39 is 0 Å². The maximum absolute atomic E-state index is 12.7. The SMILES string of the molecule is C[C@@H](C(=O)Nc1ccc2c(c1)CCC2)N1CCN(Cc2ccccc2)CC1. The molecule has 0 aromatic heterocycles. The molecule has 1 heterocycles. The van der Waals surface area contributed by atoms with Gasteiger partial charge in [0, 0.05) is 38.4 Å². The monoisotopic (exact) mass is 363 g/mol. The summed E-state index contributed by atoms with van der Waals surface area (Å²) < 4.78 is 0. The fourth-order valence-corrected chi connectivity index (χ4v) is 4.21. The summed E-state index contributed by atoms with van der Waals surface area (Å²) in [6.07, 6.45) is 3.54. The van der Waals surface area contributed by atoms with Crippen LogP contribution in [0.25, 0.3) is 0 Å². The lowest BCUT2D eigenvalue weighted by atomic mass is 10.1. The molecular formula is C23H29N3O. The summed E-state index contributed by atoms with van der Waals surface area (Å²) >= 11 is 0. The minimum Gasteiger partial charge on any atom is -0.325 e. The van der Waals surface area contributed by atoms with Gasteiger partial charge in [0.1, 0.15) is 0 Å². The van der Waals surface area contributed by atoms with Crippen molar-refractivity contribution in [2.45, 2.75) is 38.8 Å². The van der Waals surface area contributed by atoms with Crippen LogP contribution in [0.15, 0.2) is 48.5 Å². The number of amides is 1. The van der Waals surface area contributed by atoms with Crippen LogP contribution in [0.3, 0.4) is 0 Å². The average Bonchev–Trinajstić information content (AvgIpc) is 3.16. The Bertz CT molecular complexity index is 781. The number of anilines is 1. The van der Waals surface area contributed by atoms with Crippen molar-refractivity contribution in [3.05, 3.63) is 65.2 Å². The maximum atomic E-state index is 12.7. The van der Waals surface area contributed by atoms with Crippen LogP contribution in [-0.4, -0.2) is 47.9 Å². The summed E-state index contributed by atoms with van der Waals surface area (Å²) in [5.41, 5.74) is 5.13. The Hall–Kier alpha value is -2.17. The van der Waals surface area contributed by atoms with Gasteiger partial charge in [0.25, 0.3) is 0 Å². The van der Waals surface area contributed by atoms with Gasteiger partial charge in [0.2, 0.25) is 5.91 Å². The van der Waals surface area contributed by atoms with Crippen LogP contribution >= 0.6 is 0 Å². The van der Waals surface area contributed by atoms with Gasteiger partial charge in [-0.1, -0.05) is 36.4 Å². The Balaban J connectivity index is 1.28. The largest absolute Gasteiger partial charge is 0.325 e. The number of aryl methyl sites for hydroxylation is 2. The van der Waals surface area contributed by atoms with Crippen molar-refractivity contribution >= 4 is 11.6 Å². The van der Waals surface area contributed by atoms with Crippen molar-refractivity contribution < 1.29 is 4.79 Å². The highest BCUT2D eigenvalue weighted by molar-refractivity contribution is 5.94. The highest BCUT2D eigenvalue weighted by Crippen LogP contribution is 2.25. The predicted octanol–water partition coefficient (Wildman–Crippen LogP) is 3.32. The number of carbonyl (C=O) groups excluding carboxylic acids is 1. The molecule has 2 aromatic rings. The zero-order valence-electron chi connectivity index (χ0n) is 16.2. The zero-order chi connectivity index (χ0) is 18.6. The predicted molar refractivity (Wildman–Crippen MR) is 110 cm³/mol. The molecule has 1 amide bonds. The van der Waals surface area contributed by atoms with Crippen LogP contribution < -0.4 is 5.32 Å². The molecule has 2 aromatic carbocycles. The van der Waals surface area contributed by atoms with Crippen molar-refractivity contribution in [2.24, 2.45) is 0 Å². The smallest absolute Gasteiger partial charge is 0.241 e. The highest BCUT2D eigenvalue weighted by Gasteiger charge is 2.25. The molecule has 0 unspecified atom stereocenters. The van der Waals surface area contributed by atoms with Crippen LogP contribution in [0.1, 0.15) is 30.0 Å². The number of rotatable bonds is 5. The molecule has 0 bridgehead atoms. The summed E-state index contributed by atoms with van der Waals surface area (Å²) in [4.78, 5) is 17.5. The number of hydrogen-bond acceptors (Lipinski definition) is 3. The normalized spacial score (nSPS) is 18.9. The number of benzene rings is 2. The highest BCUT2D eigenvalue weighted by atomic mass is 16.2. The lowest BCUT2D eigenvalue weighted by molar-refractivity contribution is -0.121. The minimum atomic E-state index is -0.0999. The first-order valence-corrected chi connectivity index (χ1v) is 10.1. The van der Waals surface area contributed by atoms with Crippen LogP contribution in [-0.2, 0) is 24.2 Å². The van der Waals surface area contributed by atoms with Crippen molar-refractivity contribution in [1.82, 2.24) is 9.80 Å². The molecule has 4 rings (SSSR count). The third-order valence-electron chi connectivity index (χ3n) is 5.95. The second-order valence-electron chi connectivity index (χ2n) is 7.80. The Labute approximate surface area is 162 Å². The Morgan fingerprint density at radius 3 is 2.52 bits per heavy atom. The van der Waals surface area contributed by atoms with Crippen LogP contribution in [0.2, 0.25) is 0 Å². The van der Waals surface area contributed by atoms with E-state index in [-0.39, 0.29) is 11.9 Å². The Morgan fingerprint density at radius 1 is 1.00 bits per heavy atom. The van der Waals surface area contributed by atoms with Gasteiger partial charge < -0.3 is 5.32 Å². The van der Waals surface area contributed by atoms with Crippen molar-refractivity contribution in [3.8, 4) is 0 Å². The fourth-order valence-electron chi connectivity index (χ4n) is 4.21. The summed E-state index contributed by atoms with van der Waals surface area (Å²) in [5, 5.41) is 3.13. The number of carbonyl (C=O) groups is 1. The van der Waals surface area contributed by atoms with E-state index in [9.17, 15) is 4.79 Å². The molecule has 4 nitrogen and oxygen atoms in total. The number of piperazine rings is 1. The number of nitrogens with one attached hydrogen (secondary N) is 1. The number of hydrogen-bond donors (Lipinski definition) is 1. The topological polar surface area (TPSA) is 35.6 Å². The molecule has 1 saturated heterocycles. The molecule has 27 heavy (non-hydrogen) atoms. The molecule has 142 valence electrons. The molecule has 0 saturated carbocycles. The first kappa shape index (κ1) is 18.2. The average molecular weight is 364 g/mol. The minimum absolute atomic E-state index is 0.0999. The molecule has 1 aliphatic heterocycles. The number of fused-ring (bicyclic) bond motifs is 1. The summed E-state index contributed by atoms with van der Waals surface area (Å²) in [6, 6.07) is 16.9. The Kier molecular flexibility index (Phi) is 5.55. The zero-order valence-corrected chi connectivity index (χ0v) is 16.2. The van der Waals surface area contributed by atoms with Gasteiger partial charge in [-0.2, -0.15) is 0 Å². The molecule has 0 spiro atoms. The lowest BCUT2D eigenvalue weighted by Gasteiger charge is -2.37. The maximum Gasteiger partial charge on any atom is 0.241 e. The van der Waals surface area contributed by atoms with Crippen LogP contribution in [0, 0.1) is 0 Å². The standard InChI is InChI=1S/C23H29N3O/c1-18(23(27)24-22-11-10-20-8-5-9-21(20)16-22)26-14-12-25(13-15-26)17-19-6-3-2-4-7-19/h2-4,6-7,10-11,16,18H,5,8-9,12-15,17H2,1H3,(H,24,27)/t18-/m0/s1. The van der Waals surface area contributed by atoms with Gasteiger partial charge in [-0.25, -0.2) is 0 Å². The first-order valence-electron chi connectivity index (χ1n) is 10.1. The first-order chi connectivity index (χ1) is 13.2. The molecule has 1 fully saturated rings. The van der Waals surface area contributed by atoms with E-state index in [0.717, 1.165) is 44.8 Å². The van der Waals surface area contributed by atoms with Gasteiger partial charge in [-0.15, -0.1) is 0 Å². The van der Waals surface area contributed by atoms with Gasteiger partial charge in [0.05, 0.1) is 6.04 Å². The molecular weight excluding hydrogens is 334 g/mol. The van der Waals surface area contributed by atoms with E-state index in [1.807, 2.05) is 13.0 Å². The molecule has 2 aliphatic rings. The van der Waals surface area contributed by atoms with Gasteiger partial charge in [0.15, 0.2) is 0 Å². The van der Waals surface area contributed by atoms with Crippen molar-refractivity contribution in [2.75, 3.05) is 31.5 Å².